The fourth-order valence-electron chi connectivity index (χ4n) is 1.63. The van der Waals surface area contributed by atoms with Crippen LogP contribution in [0, 0.1) is 17.2 Å². The van der Waals surface area contributed by atoms with Gasteiger partial charge in [0.05, 0.1) is 12.5 Å². The van der Waals surface area contributed by atoms with E-state index in [0.717, 1.165) is 0 Å². The van der Waals surface area contributed by atoms with E-state index in [-0.39, 0.29) is 24.7 Å². The van der Waals surface area contributed by atoms with Gasteiger partial charge >= 0.3 is 5.97 Å². The van der Waals surface area contributed by atoms with Crippen LogP contribution in [-0.4, -0.2) is 35.0 Å². The monoisotopic (exact) mass is 210 g/mol. The number of amides is 1. The molecule has 15 heavy (non-hydrogen) atoms. The summed E-state index contributed by atoms with van der Waals surface area (Å²) in [6, 6.07) is 2.18. The fraction of sp³-hybridized carbons (Fsp3) is 0.700. The molecular formula is C10H14N2O3. The highest BCUT2D eigenvalue weighted by atomic mass is 16.4. The van der Waals surface area contributed by atoms with Crippen molar-refractivity contribution in [2.45, 2.75) is 25.7 Å². The number of carboxylic acid groups (broad SMARTS) is 1. The smallest absolute Gasteiger partial charge is 0.303 e. The highest BCUT2D eigenvalue weighted by molar-refractivity contribution is 5.80. The summed E-state index contributed by atoms with van der Waals surface area (Å²) < 4.78 is 0. The summed E-state index contributed by atoms with van der Waals surface area (Å²) in [5, 5.41) is 17.1. The zero-order valence-electron chi connectivity index (χ0n) is 8.48. The minimum atomic E-state index is -0.949. The molecule has 1 N–H and O–H groups in total. The number of likely N-dealkylation sites (tertiary alicyclic amines) is 1. The summed E-state index contributed by atoms with van der Waals surface area (Å²) in [7, 11) is 0. The minimum absolute atomic E-state index is 0.0496. The average molecular weight is 210 g/mol. The summed E-state index contributed by atoms with van der Waals surface area (Å²) in [5.74, 6) is -1.02. The molecule has 1 fully saturated rings. The number of nitriles is 1. The van der Waals surface area contributed by atoms with E-state index >= 15 is 0 Å². The predicted octanol–water partition coefficient (Wildman–Crippen LogP) is 0.613. The number of hydrogen-bond donors (Lipinski definition) is 1. The van der Waals surface area contributed by atoms with Gasteiger partial charge in [-0.05, 0) is 12.8 Å². The summed E-state index contributed by atoms with van der Waals surface area (Å²) >= 11 is 0. The van der Waals surface area contributed by atoms with E-state index in [0.29, 0.717) is 25.9 Å². The largest absolute Gasteiger partial charge is 0.481 e. The van der Waals surface area contributed by atoms with E-state index in [9.17, 15) is 9.59 Å². The van der Waals surface area contributed by atoms with Gasteiger partial charge in [0.15, 0.2) is 0 Å². The zero-order chi connectivity index (χ0) is 11.3. The molecule has 5 heteroatoms. The molecule has 1 aliphatic heterocycles. The van der Waals surface area contributed by atoms with Crippen molar-refractivity contribution in [1.29, 1.82) is 5.26 Å². The molecule has 0 radical (unpaired) electrons. The van der Waals surface area contributed by atoms with Crippen molar-refractivity contribution in [1.82, 2.24) is 4.90 Å². The molecular weight excluding hydrogens is 196 g/mol. The molecule has 0 atom stereocenters. The highest BCUT2D eigenvalue weighted by Crippen LogP contribution is 2.16. The Bertz CT molecular complexity index is 288. The van der Waals surface area contributed by atoms with Crippen LogP contribution in [0.3, 0.4) is 0 Å². The van der Waals surface area contributed by atoms with E-state index in [2.05, 4.69) is 6.07 Å². The number of carbonyl (C=O) groups excluding carboxylic acids is 1. The molecule has 0 aromatic rings. The highest BCUT2D eigenvalue weighted by Gasteiger charge is 2.22. The van der Waals surface area contributed by atoms with Crippen LogP contribution in [0.5, 0.6) is 0 Å². The molecule has 1 aliphatic rings. The van der Waals surface area contributed by atoms with Gasteiger partial charge in [-0.1, -0.05) is 0 Å². The lowest BCUT2D eigenvalue weighted by Crippen LogP contribution is -2.38. The summed E-state index contributed by atoms with van der Waals surface area (Å²) in [4.78, 5) is 23.4. The number of carbonyl (C=O) groups is 2. The number of aliphatic carboxylic acids is 1. The molecule has 0 spiro atoms. The van der Waals surface area contributed by atoms with Gasteiger partial charge in [0.25, 0.3) is 0 Å². The Kier molecular flexibility index (Phi) is 4.10. The second-order valence-corrected chi connectivity index (χ2v) is 3.68. The molecule has 0 unspecified atom stereocenters. The molecule has 0 bridgehead atoms. The summed E-state index contributed by atoms with van der Waals surface area (Å²) in [5.41, 5.74) is 0. The Morgan fingerprint density at radius 2 is 1.93 bits per heavy atom. The zero-order valence-corrected chi connectivity index (χ0v) is 8.48. The average Bonchev–Trinajstić information content (AvgIpc) is 2.26. The quantitative estimate of drug-likeness (QED) is 0.740. The molecule has 5 nitrogen and oxygen atoms in total. The minimum Gasteiger partial charge on any atom is -0.481 e. The Morgan fingerprint density at radius 3 is 2.40 bits per heavy atom. The molecule has 0 saturated carbocycles. The first-order chi connectivity index (χ1) is 7.13. The van der Waals surface area contributed by atoms with E-state index in [1.807, 2.05) is 0 Å². The van der Waals surface area contributed by atoms with Crippen molar-refractivity contribution >= 4 is 11.9 Å². The molecule has 82 valence electrons. The number of nitrogens with zero attached hydrogens (tertiary/aromatic N) is 2. The van der Waals surface area contributed by atoms with Crippen molar-refractivity contribution in [3.63, 3.8) is 0 Å². The Morgan fingerprint density at radius 1 is 1.33 bits per heavy atom. The third-order valence-electron chi connectivity index (χ3n) is 2.58. The van der Waals surface area contributed by atoms with Crippen molar-refractivity contribution in [3.8, 4) is 6.07 Å². The van der Waals surface area contributed by atoms with Crippen molar-refractivity contribution < 1.29 is 14.7 Å². The van der Waals surface area contributed by atoms with Crippen LogP contribution in [0.2, 0.25) is 0 Å². The van der Waals surface area contributed by atoms with E-state index in [4.69, 9.17) is 10.4 Å². The molecule has 1 heterocycles. The summed E-state index contributed by atoms with van der Waals surface area (Å²) in [6.45, 7) is 1.16. The number of carboxylic acids is 1. The van der Waals surface area contributed by atoms with Gasteiger partial charge < -0.3 is 10.0 Å². The molecule has 0 aromatic heterocycles. The second-order valence-electron chi connectivity index (χ2n) is 3.68. The standard InChI is InChI=1S/C10H14N2O3/c11-7-8-3-5-12(6-4-8)9(13)1-2-10(14)15/h8H,1-6H2,(H,14,15). The van der Waals surface area contributed by atoms with E-state index in [1.165, 1.54) is 0 Å². The summed E-state index contributed by atoms with van der Waals surface area (Å²) in [6.07, 6.45) is 1.36. The first-order valence-electron chi connectivity index (χ1n) is 5.02. The molecule has 1 rings (SSSR count). The lowest BCUT2D eigenvalue weighted by Gasteiger charge is -2.29. The van der Waals surface area contributed by atoms with Crippen LogP contribution in [0.4, 0.5) is 0 Å². The molecule has 0 aliphatic carbocycles. The van der Waals surface area contributed by atoms with Gasteiger partial charge in [-0.25, -0.2) is 0 Å². The topological polar surface area (TPSA) is 81.4 Å². The number of piperidine rings is 1. The number of hydrogen-bond acceptors (Lipinski definition) is 3. The van der Waals surface area contributed by atoms with Crippen molar-refractivity contribution in [3.05, 3.63) is 0 Å². The molecule has 1 saturated heterocycles. The third kappa shape index (κ3) is 3.58. The van der Waals surface area contributed by atoms with Gasteiger partial charge in [-0.2, -0.15) is 5.26 Å². The van der Waals surface area contributed by atoms with Gasteiger partial charge in [-0.3, -0.25) is 9.59 Å². The fourth-order valence-corrected chi connectivity index (χ4v) is 1.63. The Labute approximate surface area is 88.3 Å². The maximum absolute atomic E-state index is 11.5. The van der Waals surface area contributed by atoms with Crippen molar-refractivity contribution in [2.24, 2.45) is 5.92 Å². The Hall–Kier alpha value is -1.57. The first kappa shape index (κ1) is 11.5. The lowest BCUT2D eigenvalue weighted by atomic mass is 9.98. The van der Waals surface area contributed by atoms with Gasteiger partial charge in [0, 0.05) is 25.4 Å². The van der Waals surface area contributed by atoms with Crippen LogP contribution in [0.1, 0.15) is 25.7 Å². The van der Waals surface area contributed by atoms with Crippen LogP contribution in [0.25, 0.3) is 0 Å². The van der Waals surface area contributed by atoms with Crippen LogP contribution >= 0.6 is 0 Å². The van der Waals surface area contributed by atoms with Crippen LogP contribution < -0.4 is 0 Å². The van der Waals surface area contributed by atoms with Gasteiger partial charge in [0.1, 0.15) is 0 Å². The Balaban J connectivity index is 2.30. The van der Waals surface area contributed by atoms with Crippen LogP contribution in [-0.2, 0) is 9.59 Å². The SMILES string of the molecule is N#CC1CCN(C(=O)CCC(=O)O)CC1. The molecule has 1 amide bonds. The maximum Gasteiger partial charge on any atom is 0.303 e. The molecule has 0 aromatic carbocycles. The normalized spacial score (nSPS) is 17.1. The van der Waals surface area contributed by atoms with E-state index < -0.39 is 5.97 Å². The lowest BCUT2D eigenvalue weighted by molar-refractivity contribution is -0.141. The van der Waals surface area contributed by atoms with Crippen molar-refractivity contribution in [2.75, 3.05) is 13.1 Å². The first-order valence-corrected chi connectivity index (χ1v) is 5.02. The predicted molar refractivity (Wildman–Crippen MR) is 51.8 cm³/mol. The van der Waals surface area contributed by atoms with E-state index in [1.54, 1.807) is 4.90 Å². The van der Waals surface area contributed by atoms with Gasteiger partial charge in [-0.15, -0.1) is 0 Å². The van der Waals surface area contributed by atoms with Crippen LogP contribution in [0.15, 0.2) is 0 Å². The third-order valence-corrected chi connectivity index (χ3v) is 2.58. The maximum atomic E-state index is 11.5. The van der Waals surface area contributed by atoms with Gasteiger partial charge in [0.2, 0.25) is 5.91 Å². The second kappa shape index (κ2) is 5.35. The number of rotatable bonds is 3.